The number of hydrogen-bond donors (Lipinski definition) is 1. The van der Waals surface area contributed by atoms with Gasteiger partial charge in [0.2, 0.25) is 5.88 Å². The maximum atomic E-state index is 12.2. The molecule has 0 aliphatic heterocycles. The van der Waals surface area contributed by atoms with Crippen LogP contribution in [0.4, 0.5) is 0 Å². The summed E-state index contributed by atoms with van der Waals surface area (Å²) in [6, 6.07) is 8.79. The van der Waals surface area contributed by atoms with Crippen molar-refractivity contribution in [2.75, 3.05) is 6.61 Å². The second kappa shape index (κ2) is 8.89. The highest BCUT2D eigenvalue weighted by Crippen LogP contribution is 2.28. The Morgan fingerprint density at radius 1 is 1.42 bits per heavy atom. The van der Waals surface area contributed by atoms with Gasteiger partial charge in [0.05, 0.1) is 11.1 Å². The lowest BCUT2D eigenvalue weighted by Crippen LogP contribution is -2.36. The van der Waals surface area contributed by atoms with E-state index in [0.29, 0.717) is 34.3 Å². The zero-order chi connectivity index (χ0) is 17.5. The molecule has 0 aliphatic rings. The monoisotopic (exact) mass is 412 g/mol. The van der Waals surface area contributed by atoms with Crippen LogP contribution in [-0.4, -0.2) is 23.6 Å². The number of nitrogens with zero attached hydrogens (tertiary/aromatic N) is 1. The Bertz CT molecular complexity index is 712. The highest BCUT2D eigenvalue weighted by Gasteiger charge is 2.16. The molecular weight excluding hydrogens is 396 g/mol. The molecule has 1 heterocycles. The number of carbonyl (C=O) groups excluding carboxylic acids is 1. The first-order chi connectivity index (χ1) is 11.5. The first-order valence-electron chi connectivity index (χ1n) is 7.47. The molecule has 0 fully saturated rings. The van der Waals surface area contributed by atoms with E-state index in [1.165, 1.54) is 0 Å². The maximum absolute atomic E-state index is 12.2. The van der Waals surface area contributed by atoms with Crippen molar-refractivity contribution in [2.24, 2.45) is 0 Å². The second-order valence-corrected chi connectivity index (χ2v) is 6.24. The van der Waals surface area contributed by atoms with Gasteiger partial charge in [-0.3, -0.25) is 4.79 Å². The summed E-state index contributed by atoms with van der Waals surface area (Å²) >= 11 is 9.25. The summed E-state index contributed by atoms with van der Waals surface area (Å²) in [5, 5.41) is 3.41. The molecule has 0 bridgehead atoms. The minimum atomic E-state index is -0.658. The largest absolute Gasteiger partial charge is 0.480 e. The van der Waals surface area contributed by atoms with Crippen LogP contribution in [0.2, 0.25) is 5.02 Å². The number of nitrogens with one attached hydrogen (secondary N) is 1. The van der Waals surface area contributed by atoms with Crippen LogP contribution in [-0.2, 0) is 11.3 Å². The molecule has 0 saturated heterocycles. The van der Waals surface area contributed by atoms with Crippen LogP contribution in [0, 0.1) is 0 Å². The number of rotatable bonds is 7. The fourth-order valence-corrected chi connectivity index (χ4v) is 2.74. The van der Waals surface area contributed by atoms with Crippen LogP contribution in [0.25, 0.3) is 0 Å². The predicted molar refractivity (Wildman–Crippen MR) is 96.5 cm³/mol. The number of aromatic nitrogens is 1. The molecule has 1 N–H and O–H groups in total. The SMILES string of the molecule is CCOc1ncccc1CNC(=O)C(C)Oc1ccc(Cl)cc1Br. The number of hydrogen-bond acceptors (Lipinski definition) is 4. The molecule has 5 nitrogen and oxygen atoms in total. The van der Waals surface area contributed by atoms with E-state index >= 15 is 0 Å². The Labute approximate surface area is 154 Å². The Morgan fingerprint density at radius 2 is 2.21 bits per heavy atom. The molecule has 0 saturated carbocycles. The summed E-state index contributed by atoms with van der Waals surface area (Å²) in [5.74, 6) is 0.843. The van der Waals surface area contributed by atoms with E-state index in [-0.39, 0.29) is 5.91 Å². The third-order valence-corrected chi connectivity index (χ3v) is 4.01. The van der Waals surface area contributed by atoms with E-state index in [1.807, 2.05) is 13.0 Å². The van der Waals surface area contributed by atoms with Crippen molar-refractivity contribution in [1.82, 2.24) is 10.3 Å². The Balaban J connectivity index is 1.94. The van der Waals surface area contributed by atoms with Crippen molar-refractivity contribution in [3.8, 4) is 11.6 Å². The molecular formula is C17H18BrClN2O3. The quantitative estimate of drug-likeness (QED) is 0.746. The normalized spacial score (nSPS) is 11.7. The summed E-state index contributed by atoms with van der Waals surface area (Å²) in [7, 11) is 0. The van der Waals surface area contributed by atoms with Gasteiger partial charge in [0.1, 0.15) is 5.75 Å². The molecule has 0 aliphatic carbocycles. The molecule has 1 atom stereocenters. The first kappa shape index (κ1) is 18.5. The van der Waals surface area contributed by atoms with Gasteiger partial charge in [0.15, 0.2) is 6.10 Å². The van der Waals surface area contributed by atoms with Crippen LogP contribution >= 0.6 is 27.5 Å². The molecule has 128 valence electrons. The van der Waals surface area contributed by atoms with Gasteiger partial charge in [-0.2, -0.15) is 0 Å². The lowest BCUT2D eigenvalue weighted by molar-refractivity contribution is -0.127. The smallest absolute Gasteiger partial charge is 0.261 e. The van der Waals surface area contributed by atoms with Crippen molar-refractivity contribution in [2.45, 2.75) is 26.5 Å². The zero-order valence-corrected chi connectivity index (χ0v) is 15.7. The molecule has 1 aromatic heterocycles. The highest BCUT2D eigenvalue weighted by molar-refractivity contribution is 9.10. The molecule has 2 rings (SSSR count). The molecule has 1 amide bonds. The van der Waals surface area contributed by atoms with Gasteiger partial charge in [-0.25, -0.2) is 4.98 Å². The van der Waals surface area contributed by atoms with E-state index in [1.54, 1.807) is 37.4 Å². The van der Waals surface area contributed by atoms with Gasteiger partial charge in [0.25, 0.3) is 5.91 Å². The third kappa shape index (κ3) is 5.11. The average molecular weight is 414 g/mol. The van der Waals surface area contributed by atoms with Crippen molar-refractivity contribution in [1.29, 1.82) is 0 Å². The van der Waals surface area contributed by atoms with Crippen LogP contribution < -0.4 is 14.8 Å². The van der Waals surface area contributed by atoms with E-state index in [9.17, 15) is 4.79 Å². The summed E-state index contributed by atoms with van der Waals surface area (Å²) < 4.78 is 11.8. The van der Waals surface area contributed by atoms with Crippen molar-refractivity contribution in [3.05, 3.63) is 51.6 Å². The number of amides is 1. The van der Waals surface area contributed by atoms with Crippen molar-refractivity contribution in [3.63, 3.8) is 0 Å². The Hall–Kier alpha value is -1.79. The molecule has 2 aromatic rings. The lowest BCUT2D eigenvalue weighted by atomic mass is 10.2. The summed E-state index contributed by atoms with van der Waals surface area (Å²) in [6.45, 7) is 4.40. The van der Waals surface area contributed by atoms with Crippen LogP contribution in [0.15, 0.2) is 41.0 Å². The molecule has 1 aromatic carbocycles. The molecule has 7 heteroatoms. The fourth-order valence-electron chi connectivity index (χ4n) is 1.97. The van der Waals surface area contributed by atoms with Gasteiger partial charge in [-0.05, 0) is 54.0 Å². The van der Waals surface area contributed by atoms with Gasteiger partial charge in [-0.15, -0.1) is 0 Å². The van der Waals surface area contributed by atoms with E-state index in [2.05, 4.69) is 26.2 Å². The summed E-state index contributed by atoms with van der Waals surface area (Å²) in [6.07, 6.45) is 0.995. The second-order valence-electron chi connectivity index (χ2n) is 4.95. The molecule has 1 unspecified atom stereocenters. The topological polar surface area (TPSA) is 60.5 Å². The van der Waals surface area contributed by atoms with Crippen LogP contribution in [0.5, 0.6) is 11.6 Å². The first-order valence-corrected chi connectivity index (χ1v) is 8.64. The summed E-state index contributed by atoms with van der Waals surface area (Å²) in [5.41, 5.74) is 0.813. The fraction of sp³-hybridized carbons (Fsp3) is 0.294. The van der Waals surface area contributed by atoms with Crippen LogP contribution in [0.1, 0.15) is 19.4 Å². The molecule has 0 spiro atoms. The Morgan fingerprint density at radius 3 is 2.92 bits per heavy atom. The minimum Gasteiger partial charge on any atom is -0.480 e. The lowest BCUT2D eigenvalue weighted by Gasteiger charge is -2.16. The summed E-state index contributed by atoms with van der Waals surface area (Å²) in [4.78, 5) is 16.4. The molecule has 0 radical (unpaired) electrons. The zero-order valence-electron chi connectivity index (χ0n) is 13.4. The Kier molecular flexibility index (Phi) is 6.87. The van der Waals surface area contributed by atoms with Gasteiger partial charge in [-0.1, -0.05) is 17.7 Å². The predicted octanol–water partition coefficient (Wildman–Crippen LogP) is 3.98. The number of ether oxygens (including phenoxy) is 2. The van der Waals surface area contributed by atoms with Crippen LogP contribution in [0.3, 0.4) is 0 Å². The van der Waals surface area contributed by atoms with Gasteiger partial charge < -0.3 is 14.8 Å². The minimum absolute atomic E-state index is 0.233. The van der Waals surface area contributed by atoms with E-state index in [0.717, 1.165) is 5.56 Å². The standard InChI is InChI=1S/C17H18BrClN2O3/c1-3-23-17-12(5-4-8-20-17)10-21-16(22)11(2)24-15-7-6-13(19)9-14(15)18/h4-9,11H,3,10H2,1-2H3,(H,21,22). The number of carbonyl (C=O) groups is 1. The molecule has 24 heavy (non-hydrogen) atoms. The van der Waals surface area contributed by atoms with E-state index < -0.39 is 6.10 Å². The van der Waals surface area contributed by atoms with Crippen molar-refractivity contribution < 1.29 is 14.3 Å². The number of pyridine rings is 1. The van der Waals surface area contributed by atoms with E-state index in [4.69, 9.17) is 21.1 Å². The maximum Gasteiger partial charge on any atom is 0.261 e. The number of halogens is 2. The third-order valence-electron chi connectivity index (χ3n) is 3.15. The highest BCUT2D eigenvalue weighted by atomic mass is 79.9. The number of benzene rings is 1. The average Bonchev–Trinajstić information content (AvgIpc) is 2.56. The van der Waals surface area contributed by atoms with Gasteiger partial charge in [0, 0.05) is 23.3 Å². The van der Waals surface area contributed by atoms with Crippen molar-refractivity contribution >= 4 is 33.4 Å². The van der Waals surface area contributed by atoms with Gasteiger partial charge >= 0.3 is 0 Å².